The molecule has 0 aromatic heterocycles. The number of nitrogens with zero attached hydrogens (tertiary/aromatic N) is 1. The van der Waals surface area contributed by atoms with Crippen LogP contribution in [-0.4, -0.2) is 5.54 Å². The minimum Gasteiger partial charge on any atom is -0.209 e. The van der Waals surface area contributed by atoms with Gasteiger partial charge < -0.3 is 0 Å². The van der Waals surface area contributed by atoms with Crippen molar-refractivity contribution >= 4 is 0 Å². The molecule has 2 bridgehead atoms. The maximum Gasteiger partial charge on any atom is 0.0818 e. The molecule has 0 spiro atoms. The summed E-state index contributed by atoms with van der Waals surface area (Å²) >= 11 is 0. The summed E-state index contributed by atoms with van der Waals surface area (Å²) in [6.07, 6.45) is 4.97. The number of hydrogen-bond donors (Lipinski definition) is 1. The molecular formula is C6H10N2. The van der Waals surface area contributed by atoms with Crippen molar-refractivity contribution < 1.29 is 0 Å². The van der Waals surface area contributed by atoms with Crippen LogP contribution in [0.2, 0.25) is 0 Å². The zero-order valence-electron chi connectivity index (χ0n) is 4.85. The van der Waals surface area contributed by atoms with Crippen LogP contribution in [0.15, 0.2) is 5.11 Å². The molecule has 0 aliphatic heterocycles. The van der Waals surface area contributed by atoms with Crippen molar-refractivity contribution in [1.29, 1.82) is 5.53 Å². The fraction of sp³-hybridized carbons (Fsp3) is 1.00. The molecular weight excluding hydrogens is 100 g/mol. The van der Waals surface area contributed by atoms with Gasteiger partial charge in [-0.2, -0.15) is 5.11 Å². The molecule has 44 valence electrons. The number of nitrogens with one attached hydrogen (secondary N) is 1. The van der Waals surface area contributed by atoms with Crippen molar-refractivity contribution in [2.75, 3.05) is 0 Å². The zero-order chi connectivity index (χ0) is 5.61. The Morgan fingerprint density at radius 1 is 1.50 bits per heavy atom. The van der Waals surface area contributed by atoms with Crippen LogP contribution in [0, 0.1) is 11.4 Å². The first kappa shape index (κ1) is 4.48. The number of rotatable bonds is 1. The Labute approximate surface area is 48.8 Å². The van der Waals surface area contributed by atoms with E-state index in [9.17, 15) is 0 Å². The smallest absolute Gasteiger partial charge is 0.0818 e. The Balaban J connectivity index is 2.19. The fourth-order valence-electron chi connectivity index (χ4n) is 2.04. The van der Waals surface area contributed by atoms with Crippen LogP contribution < -0.4 is 0 Å². The van der Waals surface area contributed by atoms with E-state index in [0.717, 1.165) is 5.92 Å². The van der Waals surface area contributed by atoms with Crippen molar-refractivity contribution in [1.82, 2.24) is 0 Å². The molecule has 2 nitrogen and oxygen atoms in total. The van der Waals surface area contributed by atoms with E-state index in [2.05, 4.69) is 5.11 Å². The van der Waals surface area contributed by atoms with Gasteiger partial charge in [-0.05, 0) is 31.6 Å². The van der Waals surface area contributed by atoms with E-state index in [4.69, 9.17) is 5.53 Å². The standard InChI is InChI=1S/C6H10N2/c7-8-6-2-1-5(3-6)4-6/h5,7H,1-4H2. The molecule has 0 heterocycles. The lowest BCUT2D eigenvalue weighted by molar-refractivity contribution is 0.236. The van der Waals surface area contributed by atoms with Gasteiger partial charge in [0.05, 0.1) is 5.54 Å². The van der Waals surface area contributed by atoms with Gasteiger partial charge in [0, 0.05) is 0 Å². The molecule has 3 rings (SSSR count). The molecule has 0 atom stereocenters. The molecule has 0 aromatic carbocycles. The first-order chi connectivity index (χ1) is 3.85. The van der Waals surface area contributed by atoms with Gasteiger partial charge in [0.2, 0.25) is 0 Å². The predicted octanol–water partition coefficient (Wildman–Crippen LogP) is 1.96. The van der Waals surface area contributed by atoms with Crippen molar-refractivity contribution in [3.05, 3.63) is 0 Å². The lowest BCUT2D eigenvalue weighted by Gasteiger charge is -2.32. The van der Waals surface area contributed by atoms with Crippen LogP contribution in [0.4, 0.5) is 0 Å². The van der Waals surface area contributed by atoms with Gasteiger partial charge in [0.15, 0.2) is 0 Å². The van der Waals surface area contributed by atoms with Crippen LogP contribution in [-0.2, 0) is 0 Å². The normalized spacial score (nSPS) is 50.8. The second kappa shape index (κ2) is 1.12. The van der Waals surface area contributed by atoms with Gasteiger partial charge in [-0.3, -0.25) is 0 Å². The highest BCUT2D eigenvalue weighted by molar-refractivity contribution is 5.06. The minimum atomic E-state index is 0.171. The van der Waals surface area contributed by atoms with E-state index < -0.39 is 0 Å². The van der Waals surface area contributed by atoms with Gasteiger partial charge in [0.1, 0.15) is 0 Å². The van der Waals surface area contributed by atoms with E-state index in [-0.39, 0.29) is 5.54 Å². The van der Waals surface area contributed by atoms with Crippen LogP contribution in [0.3, 0.4) is 0 Å². The maximum atomic E-state index is 6.86. The molecule has 0 amide bonds. The maximum absolute atomic E-state index is 6.86. The molecule has 2 heteroatoms. The lowest BCUT2D eigenvalue weighted by atomic mass is 9.78. The molecule has 0 saturated heterocycles. The van der Waals surface area contributed by atoms with Crippen molar-refractivity contribution in [2.24, 2.45) is 11.0 Å². The molecule has 3 saturated carbocycles. The van der Waals surface area contributed by atoms with Crippen LogP contribution in [0.1, 0.15) is 25.7 Å². The summed E-state index contributed by atoms with van der Waals surface area (Å²) in [7, 11) is 0. The highest BCUT2D eigenvalue weighted by atomic mass is 15.1. The summed E-state index contributed by atoms with van der Waals surface area (Å²) in [5.41, 5.74) is 7.03. The van der Waals surface area contributed by atoms with E-state index in [0.29, 0.717) is 0 Å². The third-order valence-corrected chi connectivity index (χ3v) is 2.59. The van der Waals surface area contributed by atoms with Crippen molar-refractivity contribution in [2.45, 2.75) is 31.2 Å². The Morgan fingerprint density at radius 2 is 2.25 bits per heavy atom. The Kier molecular flexibility index (Phi) is 0.626. The second-order valence-corrected chi connectivity index (χ2v) is 3.15. The average Bonchev–Trinajstić information content (AvgIpc) is 2.17. The van der Waals surface area contributed by atoms with Crippen molar-refractivity contribution in [3.63, 3.8) is 0 Å². The minimum absolute atomic E-state index is 0.171. The molecule has 3 aliphatic rings. The van der Waals surface area contributed by atoms with Gasteiger partial charge in [-0.25, -0.2) is 5.53 Å². The number of hydrogen-bond acceptors (Lipinski definition) is 2. The van der Waals surface area contributed by atoms with Crippen molar-refractivity contribution in [3.8, 4) is 0 Å². The molecule has 8 heavy (non-hydrogen) atoms. The zero-order valence-corrected chi connectivity index (χ0v) is 4.85. The predicted molar refractivity (Wildman–Crippen MR) is 29.8 cm³/mol. The first-order valence-corrected chi connectivity index (χ1v) is 3.23. The Hall–Kier alpha value is -0.400. The molecule has 3 fully saturated rings. The van der Waals surface area contributed by atoms with Gasteiger partial charge in [-0.15, -0.1) is 0 Å². The summed E-state index contributed by atoms with van der Waals surface area (Å²) in [4.78, 5) is 0. The van der Waals surface area contributed by atoms with E-state index in [1.807, 2.05) is 0 Å². The van der Waals surface area contributed by atoms with Gasteiger partial charge >= 0.3 is 0 Å². The quantitative estimate of drug-likeness (QED) is 0.501. The molecule has 1 N–H and O–H groups in total. The van der Waals surface area contributed by atoms with Gasteiger partial charge in [-0.1, -0.05) is 0 Å². The molecule has 3 aliphatic carbocycles. The third kappa shape index (κ3) is 0.343. The highest BCUT2D eigenvalue weighted by Gasteiger charge is 2.50. The summed E-state index contributed by atoms with van der Waals surface area (Å²) < 4.78 is 0. The van der Waals surface area contributed by atoms with Gasteiger partial charge in [0.25, 0.3) is 0 Å². The topological polar surface area (TPSA) is 36.2 Å². The third-order valence-electron chi connectivity index (χ3n) is 2.59. The summed E-state index contributed by atoms with van der Waals surface area (Å²) in [5.74, 6) is 0.948. The summed E-state index contributed by atoms with van der Waals surface area (Å²) in [6, 6.07) is 0. The molecule has 0 radical (unpaired) electrons. The van der Waals surface area contributed by atoms with E-state index in [1.165, 1.54) is 25.7 Å². The van der Waals surface area contributed by atoms with Crippen LogP contribution >= 0.6 is 0 Å². The monoisotopic (exact) mass is 110 g/mol. The number of fused-ring (bicyclic) bond motifs is 1. The SMILES string of the molecule is N=NC12CCC(C1)C2. The second-order valence-electron chi connectivity index (χ2n) is 3.15. The van der Waals surface area contributed by atoms with Crippen LogP contribution in [0.5, 0.6) is 0 Å². The Morgan fingerprint density at radius 3 is 2.50 bits per heavy atom. The largest absolute Gasteiger partial charge is 0.209 e. The van der Waals surface area contributed by atoms with Crippen LogP contribution in [0.25, 0.3) is 0 Å². The Bertz CT molecular complexity index is 119. The van der Waals surface area contributed by atoms with E-state index >= 15 is 0 Å². The summed E-state index contributed by atoms with van der Waals surface area (Å²) in [5, 5.41) is 3.64. The average molecular weight is 110 g/mol. The fourth-order valence-corrected chi connectivity index (χ4v) is 2.04. The summed E-state index contributed by atoms with van der Waals surface area (Å²) in [6.45, 7) is 0. The molecule has 0 unspecified atom stereocenters. The highest BCUT2D eigenvalue weighted by Crippen LogP contribution is 2.54. The van der Waals surface area contributed by atoms with E-state index in [1.54, 1.807) is 0 Å². The first-order valence-electron chi connectivity index (χ1n) is 3.23. The molecule has 0 aromatic rings. The lowest BCUT2D eigenvalue weighted by Crippen LogP contribution is -2.31.